The van der Waals surface area contributed by atoms with Gasteiger partial charge in [0.15, 0.2) is 0 Å². The summed E-state index contributed by atoms with van der Waals surface area (Å²) in [7, 11) is 0. The Kier molecular flexibility index (Phi) is 2.69. The van der Waals surface area contributed by atoms with Crippen molar-refractivity contribution in [3.8, 4) is 11.3 Å². The van der Waals surface area contributed by atoms with Gasteiger partial charge in [-0.15, -0.1) is 0 Å². The van der Waals surface area contributed by atoms with Gasteiger partial charge in [-0.25, -0.2) is 4.98 Å². The first kappa shape index (κ1) is 10.5. The Hall–Kier alpha value is -1.61. The Morgan fingerprint density at radius 3 is 3.00 bits per heavy atom. The molecular weight excluding hydrogens is 210 g/mol. The fourth-order valence-corrected chi connectivity index (χ4v) is 2.27. The van der Waals surface area contributed by atoms with E-state index in [1.807, 2.05) is 12.5 Å². The van der Waals surface area contributed by atoms with E-state index in [1.54, 1.807) is 0 Å². The van der Waals surface area contributed by atoms with Crippen molar-refractivity contribution in [1.82, 2.24) is 14.9 Å². The highest BCUT2D eigenvalue weighted by atomic mass is 15.1. The maximum Gasteiger partial charge on any atom is 0.0951 e. The summed E-state index contributed by atoms with van der Waals surface area (Å²) < 4.78 is 2.26. The lowest BCUT2D eigenvalue weighted by Crippen LogP contribution is -2.44. The van der Waals surface area contributed by atoms with E-state index in [0.29, 0.717) is 0 Å². The van der Waals surface area contributed by atoms with Gasteiger partial charge in [0.05, 0.1) is 18.2 Å². The van der Waals surface area contributed by atoms with Crippen LogP contribution < -0.4 is 5.32 Å². The van der Waals surface area contributed by atoms with Crippen molar-refractivity contribution >= 4 is 0 Å². The van der Waals surface area contributed by atoms with Gasteiger partial charge in [0, 0.05) is 31.1 Å². The second-order valence-corrected chi connectivity index (χ2v) is 4.82. The van der Waals surface area contributed by atoms with E-state index in [0.717, 1.165) is 25.6 Å². The molecule has 1 fully saturated rings. The van der Waals surface area contributed by atoms with Crippen LogP contribution in [0.4, 0.5) is 0 Å². The average molecular weight is 227 g/mol. The minimum Gasteiger partial charge on any atom is -0.330 e. The smallest absolute Gasteiger partial charge is 0.0951 e. The summed E-state index contributed by atoms with van der Waals surface area (Å²) >= 11 is 0. The number of benzene rings is 1. The molecule has 2 heterocycles. The molecule has 2 aromatic rings. The third-order valence-electron chi connectivity index (χ3n) is 3.35. The maximum atomic E-state index is 4.28. The van der Waals surface area contributed by atoms with Crippen molar-refractivity contribution in [2.24, 2.45) is 5.92 Å². The van der Waals surface area contributed by atoms with Gasteiger partial charge >= 0.3 is 0 Å². The number of hydrogen-bond acceptors (Lipinski definition) is 2. The highest BCUT2D eigenvalue weighted by Crippen LogP contribution is 2.21. The standard InChI is InChI=1S/C14H17N3/c1-11-3-2-4-13(5-11)14-8-16-10-17(14)9-12-6-15-7-12/h2-5,8,10,12,15H,6-7,9H2,1H3. The molecule has 0 amide bonds. The van der Waals surface area contributed by atoms with Gasteiger partial charge in [0.2, 0.25) is 0 Å². The van der Waals surface area contributed by atoms with Crippen molar-refractivity contribution in [3.63, 3.8) is 0 Å². The van der Waals surface area contributed by atoms with Crippen molar-refractivity contribution < 1.29 is 0 Å². The van der Waals surface area contributed by atoms with Crippen LogP contribution in [0.1, 0.15) is 5.56 Å². The number of rotatable bonds is 3. The number of aromatic nitrogens is 2. The topological polar surface area (TPSA) is 29.9 Å². The molecule has 1 aliphatic rings. The molecule has 88 valence electrons. The van der Waals surface area contributed by atoms with Gasteiger partial charge < -0.3 is 9.88 Å². The van der Waals surface area contributed by atoms with Gasteiger partial charge in [0.25, 0.3) is 0 Å². The minimum absolute atomic E-state index is 0.757. The van der Waals surface area contributed by atoms with E-state index in [2.05, 4.69) is 46.1 Å². The summed E-state index contributed by atoms with van der Waals surface area (Å²) in [5.41, 5.74) is 3.77. The van der Waals surface area contributed by atoms with Crippen LogP contribution in [0.3, 0.4) is 0 Å². The zero-order valence-electron chi connectivity index (χ0n) is 10.1. The largest absolute Gasteiger partial charge is 0.330 e. The number of imidazole rings is 1. The third kappa shape index (κ3) is 2.11. The van der Waals surface area contributed by atoms with Gasteiger partial charge in [-0.05, 0) is 13.0 Å². The molecule has 3 heteroatoms. The lowest BCUT2D eigenvalue weighted by Gasteiger charge is -2.27. The Morgan fingerprint density at radius 1 is 1.41 bits per heavy atom. The number of nitrogens with zero attached hydrogens (tertiary/aromatic N) is 2. The minimum atomic E-state index is 0.757. The molecule has 3 nitrogen and oxygen atoms in total. The second-order valence-electron chi connectivity index (χ2n) is 4.82. The van der Waals surface area contributed by atoms with Crippen molar-refractivity contribution in [2.45, 2.75) is 13.5 Å². The van der Waals surface area contributed by atoms with Crippen LogP contribution in [-0.2, 0) is 6.54 Å². The molecule has 0 spiro atoms. The maximum absolute atomic E-state index is 4.28. The van der Waals surface area contributed by atoms with Crippen LogP contribution in [-0.4, -0.2) is 22.6 Å². The average Bonchev–Trinajstić information content (AvgIpc) is 2.71. The van der Waals surface area contributed by atoms with Gasteiger partial charge in [-0.1, -0.05) is 23.8 Å². The van der Waals surface area contributed by atoms with Crippen LogP contribution >= 0.6 is 0 Å². The van der Waals surface area contributed by atoms with Crippen molar-refractivity contribution in [3.05, 3.63) is 42.4 Å². The molecule has 0 atom stereocenters. The molecule has 1 aromatic heterocycles. The Bertz CT molecular complexity index is 512. The first-order valence-electron chi connectivity index (χ1n) is 6.11. The van der Waals surface area contributed by atoms with Crippen LogP contribution in [0.5, 0.6) is 0 Å². The molecule has 1 aromatic carbocycles. The van der Waals surface area contributed by atoms with Gasteiger partial charge in [-0.3, -0.25) is 0 Å². The van der Waals surface area contributed by atoms with E-state index in [-0.39, 0.29) is 0 Å². The summed E-state index contributed by atoms with van der Waals surface area (Å²) in [5, 5.41) is 3.31. The summed E-state index contributed by atoms with van der Waals surface area (Å²) in [6.45, 7) is 5.45. The van der Waals surface area contributed by atoms with Crippen molar-refractivity contribution in [2.75, 3.05) is 13.1 Å². The third-order valence-corrected chi connectivity index (χ3v) is 3.35. The summed E-state index contributed by atoms with van der Waals surface area (Å²) in [5.74, 6) is 0.757. The highest BCUT2D eigenvalue weighted by Gasteiger charge is 2.18. The zero-order valence-corrected chi connectivity index (χ0v) is 10.1. The Morgan fingerprint density at radius 2 is 2.29 bits per heavy atom. The molecule has 3 rings (SSSR count). The number of aryl methyl sites for hydroxylation is 1. The van der Waals surface area contributed by atoms with E-state index in [1.165, 1.54) is 16.8 Å². The quantitative estimate of drug-likeness (QED) is 0.870. The van der Waals surface area contributed by atoms with Gasteiger partial charge in [-0.2, -0.15) is 0 Å². The molecule has 1 aliphatic heterocycles. The summed E-state index contributed by atoms with van der Waals surface area (Å²) in [6.07, 6.45) is 3.90. The predicted octanol–water partition coefficient (Wildman–Crippen LogP) is 2.08. The highest BCUT2D eigenvalue weighted by molar-refractivity contribution is 5.59. The van der Waals surface area contributed by atoms with E-state index in [9.17, 15) is 0 Å². The second kappa shape index (κ2) is 4.34. The molecule has 1 N–H and O–H groups in total. The molecular formula is C14H17N3. The number of hydrogen-bond donors (Lipinski definition) is 1. The van der Waals surface area contributed by atoms with Crippen LogP contribution in [0.2, 0.25) is 0 Å². The van der Waals surface area contributed by atoms with Gasteiger partial charge in [0.1, 0.15) is 0 Å². The molecule has 1 saturated heterocycles. The Labute approximate surface area is 101 Å². The molecule has 0 aliphatic carbocycles. The van der Waals surface area contributed by atoms with Crippen LogP contribution in [0, 0.1) is 12.8 Å². The predicted molar refractivity (Wildman–Crippen MR) is 68.8 cm³/mol. The zero-order chi connectivity index (χ0) is 11.7. The van der Waals surface area contributed by atoms with Crippen LogP contribution in [0.15, 0.2) is 36.8 Å². The molecule has 0 unspecified atom stereocenters. The fourth-order valence-electron chi connectivity index (χ4n) is 2.27. The van der Waals surface area contributed by atoms with E-state index >= 15 is 0 Å². The molecule has 0 bridgehead atoms. The molecule has 0 radical (unpaired) electrons. The summed E-state index contributed by atoms with van der Waals surface area (Å²) in [4.78, 5) is 4.28. The van der Waals surface area contributed by atoms with E-state index in [4.69, 9.17) is 0 Å². The first-order valence-corrected chi connectivity index (χ1v) is 6.11. The van der Waals surface area contributed by atoms with Crippen molar-refractivity contribution in [1.29, 1.82) is 0 Å². The fraction of sp³-hybridized carbons (Fsp3) is 0.357. The molecule has 0 saturated carbocycles. The Balaban J connectivity index is 1.89. The lowest BCUT2D eigenvalue weighted by molar-refractivity contribution is 0.308. The normalized spacial score (nSPS) is 15.8. The first-order chi connectivity index (χ1) is 8.33. The number of nitrogens with one attached hydrogen (secondary N) is 1. The monoisotopic (exact) mass is 227 g/mol. The van der Waals surface area contributed by atoms with Crippen LogP contribution in [0.25, 0.3) is 11.3 Å². The lowest BCUT2D eigenvalue weighted by atomic mass is 10.0. The SMILES string of the molecule is Cc1cccc(-c2cncn2CC2CNC2)c1. The van der Waals surface area contributed by atoms with E-state index < -0.39 is 0 Å². The molecule has 17 heavy (non-hydrogen) atoms. The summed E-state index contributed by atoms with van der Waals surface area (Å²) in [6, 6.07) is 8.60.